The van der Waals surface area contributed by atoms with Gasteiger partial charge in [0, 0.05) is 0 Å². The third kappa shape index (κ3) is 4.85. The molecule has 0 heterocycles. The van der Waals surface area contributed by atoms with Crippen LogP contribution in [0.3, 0.4) is 0 Å². The number of nitrogens with one attached hydrogen (secondary N) is 1. The molecule has 0 aliphatic heterocycles. The maximum atomic E-state index is 12.5. The Morgan fingerprint density at radius 2 is 1.52 bits per heavy atom. The molecule has 3 nitrogen and oxygen atoms in total. The number of amides is 1. The first-order valence-corrected chi connectivity index (χ1v) is 8.10. The number of hydrogen-bond donors (Lipinski definition) is 1. The molecule has 1 amide bonds. The van der Waals surface area contributed by atoms with Crippen molar-refractivity contribution in [1.29, 1.82) is 0 Å². The van der Waals surface area contributed by atoms with E-state index in [0.29, 0.717) is 6.42 Å². The zero-order chi connectivity index (χ0) is 16.8. The van der Waals surface area contributed by atoms with Crippen LogP contribution >= 0.6 is 0 Å². The van der Waals surface area contributed by atoms with Crippen LogP contribution in [0.15, 0.2) is 48.5 Å². The van der Waals surface area contributed by atoms with E-state index in [1.54, 1.807) is 0 Å². The first-order chi connectivity index (χ1) is 11.0. The lowest BCUT2D eigenvalue weighted by molar-refractivity contribution is -0.128. The second-order valence-electron chi connectivity index (χ2n) is 5.97. The summed E-state index contributed by atoms with van der Waals surface area (Å²) < 4.78 is 5.82. The van der Waals surface area contributed by atoms with E-state index in [0.717, 1.165) is 11.3 Å². The van der Waals surface area contributed by atoms with E-state index in [2.05, 4.69) is 24.4 Å². The Morgan fingerprint density at radius 1 is 1.00 bits per heavy atom. The van der Waals surface area contributed by atoms with Crippen LogP contribution in [0.4, 0.5) is 0 Å². The molecule has 0 saturated heterocycles. The Balaban J connectivity index is 1.99. The zero-order valence-corrected chi connectivity index (χ0v) is 14.3. The molecule has 0 aliphatic carbocycles. The summed E-state index contributed by atoms with van der Waals surface area (Å²) in [7, 11) is 0. The van der Waals surface area contributed by atoms with E-state index >= 15 is 0 Å². The Labute approximate surface area is 138 Å². The number of rotatable bonds is 6. The molecule has 122 valence electrons. The fourth-order valence-electron chi connectivity index (χ4n) is 2.35. The Kier molecular flexibility index (Phi) is 5.80. The highest BCUT2D eigenvalue weighted by Crippen LogP contribution is 2.17. The second-order valence-corrected chi connectivity index (χ2v) is 5.97. The molecule has 0 bridgehead atoms. The molecule has 2 atom stereocenters. The van der Waals surface area contributed by atoms with Crippen LogP contribution < -0.4 is 10.1 Å². The van der Waals surface area contributed by atoms with Gasteiger partial charge in [-0.05, 0) is 44.9 Å². The van der Waals surface area contributed by atoms with Crippen LogP contribution in [-0.2, 0) is 4.79 Å². The van der Waals surface area contributed by atoms with Gasteiger partial charge in [-0.2, -0.15) is 0 Å². The third-order valence-electron chi connectivity index (χ3n) is 3.90. The maximum Gasteiger partial charge on any atom is 0.261 e. The normalized spacial score (nSPS) is 13.2. The first-order valence-electron chi connectivity index (χ1n) is 8.10. The van der Waals surface area contributed by atoms with Crippen molar-refractivity contribution in [1.82, 2.24) is 5.32 Å². The minimum absolute atomic E-state index is 0.0428. The van der Waals surface area contributed by atoms with E-state index in [9.17, 15) is 4.79 Å². The van der Waals surface area contributed by atoms with Crippen molar-refractivity contribution in [2.45, 2.75) is 46.3 Å². The lowest BCUT2D eigenvalue weighted by atomic mass is 10.1. The first kappa shape index (κ1) is 17.1. The van der Waals surface area contributed by atoms with Gasteiger partial charge in [0.05, 0.1) is 6.04 Å². The van der Waals surface area contributed by atoms with Gasteiger partial charge in [-0.25, -0.2) is 0 Å². The van der Waals surface area contributed by atoms with Crippen LogP contribution in [0.1, 0.15) is 43.0 Å². The minimum Gasteiger partial charge on any atom is -0.481 e. The summed E-state index contributed by atoms with van der Waals surface area (Å²) in [6, 6.07) is 15.9. The number of benzene rings is 2. The molecule has 23 heavy (non-hydrogen) atoms. The molecular weight excluding hydrogens is 286 g/mol. The Hall–Kier alpha value is -2.29. The molecule has 2 aromatic carbocycles. The fraction of sp³-hybridized carbons (Fsp3) is 0.350. The van der Waals surface area contributed by atoms with Crippen molar-refractivity contribution in [3.63, 3.8) is 0 Å². The van der Waals surface area contributed by atoms with Crippen molar-refractivity contribution in [3.8, 4) is 5.75 Å². The summed E-state index contributed by atoms with van der Waals surface area (Å²) in [5.41, 5.74) is 3.47. The van der Waals surface area contributed by atoms with Crippen molar-refractivity contribution in [2.24, 2.45) is 0 Å². The predicted octanol–water partition coefficient (Wildman–Crippen LogP) is 4.34. The van der Waals surface area contributed by atoms with Gasteiger partial charge in [-0.3, -0.25) is 4.79 Å². The topological polar surface area (TPSA) is 38.3 Å². The monoisotopic (exact) mass is 311 g/mol. The van der Waals surface area contributed by atoms with Crippen LogP contribution in [0.2, 0.25) is 0 Å². The maximum absolute atomic E-state index is 12.5. The smallest absolute Gasteiger partial charge is 0.261 e. The standard InChI is InChI=1S/C20H25NO2/c1-5-19(23-18-12-8-15(3)9-13-18)20(22)21-16(4)17-10-6-14(2)7-11-17/h6-13,16,19H,5H2,1-4H3,(H,21,22). The van der Waals surface area contributed by atoms with Gasteiger partial charge in [0.1, 0.15) is 5.75 Å². The second kappa shape index (κ2) is 7.82. The van der Waals surface area contributed by atoms with Gasteiger partial charge in [0.25, 0.3) is 5.91 Å². The van der Waals surface area contributed by atoms with Gasteiger partial charge < -0.3 is 10.1 Å². The van der Waals surface area contributed by atoms with Crippen molar-refractivity contribution < 1.29 is 9.53 Å². The zero-order valence-electron chi connectivity index (χ0n) is 14.3. The van der Waals surface area contributed by atoms with E-state index in [4.69, 9.17) is 4.74 Å². The average Bonchev–Trinajstić information content (AvgIpc) is 2.54. The van der Waals surface area contributed by atoms with Crippen molar-refractivity contribution in [3.05, 3.63) is 65.2 Å². The van der Waals surface area contributed by atoms with Crippen LogP contribution in [0.5, 0.6) is 5.75 Å². The van der Waals surface area contributed by atoms with E-state index in [-0.39, 0.29) is 11.9 Å². The summed E-state index contributed by atoms with van der Waals surface area (Å²) in [6.07, 6.45) is 0.144. The molecule has 0 radical (unpaired) electrons. The molecule has 0 saturated carbocycles. The Morgan fingerprint density at radius 3 is 2.04 bits per heavy atom. The molecule has 0 aliphatic rings. The third-order valence-corrected chi connectivity index (χ3v) is 3.90. The van der Waals surface area contributed by atoms with Crippen molar-refractivity contribution >= 4 is 5.91 Å². The van der Waals surface area contributed by atoms with Crippen molar-refractivity contribution in [2.75, 3.05) is 0 Å². The van der Waals surface area contributed by atoms with Crippen LogP contribution in [0, 0.1) is 13.8 Å². The predicted molar refractivity (Wildman–Crippen MR) is 93.6 cm³/mol. The minimum atomic E-state index is -0.481. The van der Waals surface area contributed by atoms with Gasteiger partial charge in [-0.1, -0.05) is 54.4 Å². The molecule has 2 rings (SSSR count). The van der Waals surface area contributed by atoms with Crippen LogP contribution in [0.25, 0.3) is 0 Å². The number of ether oxygens (including phenoxy) is 1. The highest BCUT2D eigenvalue weighted by molar-refractivity contribution is 5.81. The van der Waals surface area contributed by atoms with Crippen LogP contribution in [-0.4, -0.2) is 12.0 Å². The van der Waals surface area contributed by atoms with Gasteiger partial charge >= 0.3 is 0 Å². The molecule has 0 fully saturated rings. The summed E-state index contributed by atoms with van der Waals surface area (Å²) in [6.45, 7) is 8.02. The van der Waals surface area contributed by atoms with E-state index in [1.807, 2.05) is 57.2 Å². The Bertz CT molecular complexity index is 632. The van der Waals surface area contributed by atoms with E-state index < -0.39 is 6.10 Å². The lowest BCUT2D eigenvalue weighted by Gasteiger charge is -2.21. The highest BCUT2D eigenvalue weighted by Gasteiger charge is 2.20. The molecule has 2 aromatic rings. The number of carbonyl (C=O) groups excluding carboxylic acids is 1. The largest absolute Gasteiger partial charge is 0.481 e. The molecule has 1 N–H and O–H groups in total. The number of hydrogen-bond acceptors (Lipinski definition) is 2. The fourth-order valence-corrected chi connectivity index (χ4v) is 2.35. The van der Waals surface area contributed by atoms with Gasteiger partial charge in [0.2, 0.25) is 0 Å². The lowest BCUT2D eigenvalue weighted by Crippen LogP contribution is -2.39. The summed E-state index contributed by atoms with van der Waals surface area (Å²) in [4.78, 5) is 12.5. The van der Waals surface area contributed by atoms with Gasteiger partial charge in [-0.15, -0.1) is 0 Å². The SMILES string of the molecule is CCC(Oc1ccc(C)cc1)C(=O)NC(C)c1ccc(C)cc1. The molecule has 0 aromatic heterocycles. The molecule has 3 heteroatoms. The molecule has 2 unspecified atom stereocenters. The summed E-state index contributed by atoms with van der Waals surface area (Å²) in [5.74, 6) is 0.640. The summed E-state index contributed by atoms with van der Waals surface area (Å²) >= 11 is 0. The number of aryl methyl sites for hydroxylation is 2. The highest BCUT2D eigenvalue weighted by atomic mass is 16.5. The average molecular weight is 311 g/mol. The van der Waals surface area contributed by atoms with Gasteiger partial charge in [0.15, 0.2) is 6.10 Å². The quantitative estimate of drug-likeness (QED) is 0.862. The number of carbonyl (C=O) groups is 1. The molecular formula is C20H25NO2. The van der Waals surface area contributed by atoms with E-state index in [1.165, 1.54) is 11.1 Å². The summed E-state index contributed by atoms with van der Waals surface area (Å²) in [5, 5.41) is 3.03. The molecule has 0 spiro atoms.